The maximum atomic E-state index is 10.5. The predicted octanol–water partition coefficient (Wildman–Crippen LogP) is 1.43. The summed E-state index contributed by atoms with van der Waals surface area (Å²) < 4.78 is 0. The molecule has 0 bridgehead atoms. The Bertz CT molecular complexity index is 553. The summed E-state index contributed by atoms with van der Waals surface area (Å²) in [6.07, 6.45) is 0. The lowest BCUT2D eigenvalue weighted by molar-refractivity contribution is -0.384. The van der Waals surface area contributed by atoms with Crippen molar-refractivity contribution in [2.45, 2.75) is 6.92 Å². The van der Waals surface area contributed by atoms with Gasteiger partial charge in [0, 0.05) is 17.5 Å². The fourth-order valence-electron chi connectivity index (χ4n) is 1.38. The van der Waals surface area contributed by atoms with E-state index in [9.17, 15) is 10.1 Å². The number of nitrogens with two attached hydrogens (primary N) is 1. The van der Waals surface area contributed by atoms with Crippen LogP contribution in [0.4, 0.5) is 11.5 Å². The van der Waals surface area contributed by atoms with Crippen LogP contribution in [0.15, 0.2) is 18.2 Å². The van der Waals surface area contributed by atoms with Gasteiger partial charge in [-0.1, -0.05) is 0 Å². The molecule has 0 saturated heterocycles. The number of non-ortho nitro benzene ring substituents is 1. The van der Waals surface area contributed by atoms with Crippen molar-refractivity contribution in [3.8, 4) is 0 Å². The average Bonchev–Trinajstić information content (AvgIpc) is 2.16. The summed E-state index contributed by atoms with van der Waals surface area (Å²) in [7, 11) is 0. The Balaban J connectivity index is 2.76. The first-order chi connectivity index (χ1) is 7.08. The molecule has 0 aliphatic heterocycles. The van der Waals surface area contributed by atoms with Gasteiger partial charge in [-0.15, -0.1) is 0 Å². The summed E-state index contributed by atoms with van der Waals surface area (Å²) in [4.78, 5) is 18.1. The molecule has 15 heavy (non-hydrogen) atoms. The largest absolute Gasteiger partial charge is 0.383 e. The van der Waals surface area contributed by atoms with Crippen molar-refractivity contribution < 1.29 is 4.92 Å². The number of nitrogens with zero attached hydrogens (tertiary/aromatic N) is 3. The predicted molar refractivity (Wildman–Crippen MR) is 55.3 cm³/mol. The van der Waals surface area contributed by atoms with Crippen LogP contribution in [0, 0.1) is 17.0 Å². The third-order valence-electron chi connectivity index (χ3n) is 2.03. The Kier molecular flexibility index (Phi) is 1.96. The van der Waals surface area contributed by atoms with Crippen molar-refractivity contribution in [1.82, 2.24) is 9.97 Å². The highest BCUT2D eigenvalue weighted by Gasteiger charge is 2.09. The molecule has 0 radical (unpaired) electrons. The van der Waals surface area contributed by atoms with E-state index in [0.29, 0.717) is 22.5 Å². The molecule has 76 valence electrons. The summed E-state index contributed by atoms with van der Waals surface area (Å²) in [6.45, 7) is 1.69. The van der Waals surface area contributed by atoms with E-state index in [-0.39, 0.29) is 5.69 Å². The Morgan fingerprint density at radius 3 is 2.80 bits per heavy atom. The lowest BCUT2D eigenvalue weighted by atomic mass is 10.2. The van der Waals surface area contributed by atoms with Gasteiger partial charge in [0.2, 0.25) is 0 Å². The molecule has 2 rings (SSSR count). The van der Waals surface area contributed by atoms with Crippen LogP contribution >= 0.6 is 0 Å². The number of benzene rings is 1. The van der Waals surface area contributed by atoms with Gasteiger partial charge in [-0.25, -0.2) is 9.97 Å². The number of nitrogen functional groups attached to an aromatic ring is 1. The van der Waals surface area contributed by atoms with Crippen molar-refractivity contribution >= 4 is 22.4 Å². The number of hydrogen-bond acceptors (Lipinski definition) is 5. The summed E-state index contributed by atoms with van der Waals surface area (Å²) in [5, 5.41) is 11.2. The quantitative estimate of drug-likeness (QED) is 0.560. The molecule has 0 unspecified atom stereocenters. The molecule has 6 heteroatoms. The van der Waals surface area contributed by atoms with Crippen molar-refractivity contribution in [3.05, 3.63) is 34.1 Å². The van der Waals surface area contributed by atoms with Crippen molar-refractivity contribution in [2.75, 3.05) is 5.73 Å². The van der Waals surface area contributed by atoms with Gasteiger partial charge >= 0.3 is 0 Å². The average molecular weight is 204 g/mol. The summed E-state index contributed by atoms with van der Waals surface area (Å²) >= 11 is 0. The Labute approximate surface area is 84.9 Å². The molecule has 2 N–H and O–H groups in total. The van der Waals surface area contributed by atoms with Gasteiger partial charge in [0.05, 0.1) is 10.4 Å². The van der Waals surface area contributed by atoms with Gasteiger partial charge in [0.1, 0.15) is 11.6 Å². The van der Waals surface area contributed by atoms with Crippen LogP contribution in [0.2, 0.25) is 0 Å². The Morgan fingerprint density at radius 1 is 1.40 bits per heavy atom. The molecular weight excluding hydrogens is 196 g/mol. The standard InChI is InChI=1S/C9H8N4O2/c1-5-11-8-4-6(13(14)15)2-3-7(8)9(10)12-5/h2-4H,1H3,(H2,10,11,12). The molecular formula is C9H8N4O2. The number of hydrogen-bond donors (Lipinski definition) is 1. The number of aromatic nitrogens is 2. The third kappa shape index (κ3) is 1.56. The summed E-state index contributed by atoms with van der Waals surface area (Å²) in [5.41, 5.74) is 6.16. The zero-order valence-electron chi connectivity index (χ0n) is 7.97. The molecule has 0 saturated carbocycles. The maximum Gasteiger partial charge on any atom is 0.271 e. The molecule has 1 heterocycles. The number of aryl methyl sites for hydroxylation is 1. The molecule has 0 fully saturated rings. The smallest absolute Gasteiger partial charge is 0.271 e. The molecule has 0 amide bonds. The number of rotatable bonds is 1. The van der Waals surface area contributed by atoms with Crippen LogP contribution in [0.1, 0.15) is 5.82 Å². The van der Waals surface area contributed by atoms with Gasteiger partial charge < -0.3 is 5.73 Å². The minimum Gasteiger partial charge on any atom is -0.383 e. The first-order valence-corrected chi connectivity index (χ1v) is 4.26. The van der Waals surface area contributed by atoms with E-state index < -0.39 is 4.92 Å². The Hall–Kier alpha value is -2.24. The molecule has 2 aromatic rings. The number of nitro groups is 1. The zero-order valence-corrected chi connectivity index (χ0v) is 7.97. The number of nitro benzene ring substituents is 1. The fraction of sp³-hybridized carbons (Fsp3) is 0.111. The van der Waals surface area contributed by atoms with Crippen molar-refractivity contribution in [2.24, 2.45) is 0 Å². The van der Waals surface area contributed by atoms with Crippen LogP contribution in [0.25, 0.3) is 10.9 Å². The highest BCUT2D eigenvalue weighted by atomic mass is 16.6. The SMILES string of the molecule is Cc1nc(N)c2ccc([N+](=O)[O-])cc2n1. The first kappa shape index (κ1) is 9.32. The monoisotopic (exact) mass is 204 g/mol. The van der Waals surface area contributed by atoms with E-state index in [0.717, 1.165) is 0 Å². The molecule has 6 nitrogen and oxygen atoms in total. The maximum absolute atomic E-state index is 10.5. The van der Waals surface area contributed by atoms with Gasteiger partial charge in [-0.2, -0.15) is 0 Å². The minimum atomic E-state index is -0.465. The van der Waals surface area contributed by atoms with E-state index in [1.54, 1.807) is 13.0 Å². The second-order valence-corrected chi connectivity index (χ2v) is 3.11. The third-order valence-corrected chi connectivity index (χ3v) is 2.03. The van der Waals surface area contributed by atoms with Gasteiger partial charge in [0.15, 0.2) is 0 Å². The highest BCUT2D eigenvalue weighted by molar-refractivity contribution is 5.89. The van der Waals surface area contributed by atoms with Crippen molar-refractivity contribution in [3.63, 3.8) is 0 Å². The second kappa shape index (κ2) is 3.16. The van der Waals surface area contributed by atoms with Crippen LogP contribution in [0.5, 0.6) is 0 Å². The topological polar surface area (TPSA) is 94.9 Å². The molecule has 0 aliphatic rings. The zero-order chi connectivity index (χ0) is 11.0. The van der Waals surface area contributed by atoms with Crippen molar-refractivity contribution in [1.29, 1.82) is 0 Å². The lowest BCUT2D eigenvalue weighted by Gasteiger charge is -2.01. The highest BCUT2D eigenvalue weighted by Crippen LogP contribution is 2.22. The van der Waals surface area contributed by atoms with Gasteiger partial charge in [-0.05, 0) is 13.0 Å². The van der Waals surface area contributed by atoms with E-state index in [2.05, 4.69) is 9.97 Å². The van der Waals surface area contributed by atoms with Crippen LogP contribution in [0.3, 0.4) is 0 Å². The Morgan fingerprint density at radius 2 is 2.13 bits per heavy atom. The molecule has 0 aliphatic carbocycles. The first-order valence-electron chi connectivity index (χ1n) is 4.26. The molecule has 1 aromatic carbocycles. The van der Waals surface area contributed by atoms with E-state index in [4.69, 9.17) is 5.73 Å². The van der Waals surface area contributed by atoms with Crippen LogP contribution in [-0.4, -0.2) is 14.9 Å². The van der Waals surface area contributed by atoms with Gasteiger partial charge in [0.25, 0.3) is 5.69 Å². The lowest BCUT2D eigenvalue weighted by Crippen LogP contribution is -1.98. The summed E-state index contributed by atoms with van der Waals surface area (Å²) in [6, 6.07) is 4.33. The van der Waals surface area contributed by atoms with E-state index in [1.807, 2.05) is 0 Å². The number of anilines is 1. The number of fused-ring (bicyclic) bond motifs is 1. The minimum absolute atomic E-state index is 0.000000000000000222. The molecule has 1 aromatic heterocycles. The van der Waals surface area contributed by atoms with Gasteiger partial charge in [-0.3, -0.25) is 10.1 Å². The van der Waals surface area contributed by atoms with Crippen LogP contribution < -0.4 is 5.73 Å². The molecule has 0 atom stereocenters. The molecule has 0 spiro atoms. The normalized spacial score (nSPS) is 10.5. The fourth-order valence-corrected chi connectivity index (χ4v) is 1.38. The van der Waals surface area contributed by atoms with Crippen LogP contribution in [-0.2, 0) is 0 Å². The van der Waals surface area contributed by atoms with E-state index in [1.165, 1.54) is 12.1 Å². The summed E-state index contributed by atoms with van der Waals surface area (Å²) in [5.74, 6) is 0.841. The second-order valence-electron chi connectivity index (χ2n) is 3.11. The van der Waals surface area contributed by atoms with E-state index >= 15 is 0 Å².